The molecule has 1 aliphatic rings. The maximum Gasteiger partial charge on any atom is 0.296 e. The Hall–Kier alpha value is -1.84. The van der Waals surface area contributed by atoms with Crippen LogP contribution in [0.15, 0.2) is 6.07 Å². The molecule has 0 aliphatic carbocycles. The number of benzene rings is 1. The van der Waals surface area contributed by atoms with Gasteiger partial charge in [0.1, 0.15) is 5.75 Å². The summed E-state index contributed by atoms with van der Waals surface area (Å²) in [4.78, 5) is 23.3. The van der Waals surface area contributed by atoms with Gasteiger partial charge < -0.3 is 10.1 Å². The molecule has 0 spiro atoms. The van der Waals surface area contributed by atoms with Gasteiger partial charge in [0.15, 0.2) is 0 Å². The summed E-state index contributed by atoms with van der Waals surface area (Å²) in [6.07, 6.45) is 0. The maximum atomic E-state index is 11.9. The van der Waals surface area contributed by atoms with Gasteiger partial charge in [0.2, 0.25) is 0 Å². The quantitative estimate of drug-likeness (QED) is 0.797. The lowest BCUT2D eigenvalue weighted by Gasteiger charge is -2.16. The molecule has 1 aliphatic heterocycles. The standard InChI is InChI=1S/C13H15NO3/c1-6(2)9-8(17-4)5-7(3)11-10(9)12(15)13(16)14-11/h5-6H,1-4H3,(H,14,15,16). The molecule has 4 nitrogen and oxygen atoms in total. The number of Topliss-reactive ketones (excluding diaryl/α,β-unsaturated/α-hetero) is 1. The first-order valence-corrected chi connectivity index (χ1v) is 5.54. The number of amides is 1. The van der Waals surface area contributed by atoms with Crippen LogP contribution in [0.5, 0.6) is 5.75 Å². The topological polar surface area (TPSA) is 55.4 Å². The number of carbonyl (C=O) groups excluding carboxylic acids is 2. The molecule has 1 N–H and O–H groups in total. The zero-order valence-electron chi connectivity index (χ0n) is 10.4. The van der Waals surface area contributed by atoms with Crippen molar-refractivity contribution in [1.29, 1.82) is 0 Å². The Balaban J connectivity index is 2.79. The van der Waals surface area contributed by atoms with Crippen molar-refractivity contribution in [1.82, 2.24) is 0 Å². The van der Waals surface area contributed by atoms with Crippen molar-refractivity contribution in [2.24, 2.45) is 0 Å². The molecule has 0 saturated carbocycles. The van der Waals surface area contributed by atoms with Crippen LogP contribution in [0.2, 0.25) is 0 Å². The lowest BCUT2D eigenvalue weighted by Crippen LogP contribution is -2.13. The fourth-order valence-corrected chi connectivity index (χ4v) is 2.22. The summed E-state index contributed by atoms with van der Waals surface area (Å²) < 4.78 is 5.31. The molecule has 90 valence electrons. The zero-order valence-corrected chi connectivity index (χ0v) is 10.4. The molecule has 1 aromatic carbocycles. The van der Waals surface area contributed by atoms with E-state index in [1.54, 1.807) is 7.11 Å². The van der Waals surface area contributed by atoms with Crippen LogP contribution in [0.4, 0.5) is 5.69 Å². The van der Waals surface area contributed by atoms with Crippen LogP contribution in [-0.4, -0.2) is 18.8 Å². The van der Waals surface area contributed by atoms with Crippen LogP contribution < -0.4 is 10.1 Å². The van der Waals surface area contributed by atoms with E-state index in [4.69, 9.17) is 4.74 Å². The highest BCUT2D eigenvalue weighted by atomic mass is 16.5. The molecule has 0 bridgehead atoms. The van der Waals surface area contributed by atoms with Gasteiger partial charge in [-0.1, -0.05) is 13.8 Å². The molecule has 1 aromatic rings. The first kappa shape index (κ1) is 11.6. The van der Waals surface area contributed by atoms with Gasteiger partial charge in [-0.3, -0.25) is 9.59 Å². The number of aryl methyl sites for hydroxylation is 1. The van der Waals surface area contributed by atoms with Crippen LogP contribution in [0.25, 0.3) is 0 Å². The molecule has 17 heavy (non-hydrogen) atoms. The summed E-state index contributed by atoms with van der Waals surface area (Å²) in [5.74, 6) is -0.235. The van der Waals surface area contributed by atoms with Crippen LogP contribution in [-0.2, 0) is 4.79 Å². The van der Waals surface area contributed by atoms with E-state index in [2.05, 4.69) is 5.32 Å². The molecule has 1 heterocycles. The summed E-state index contributed by atoms with van der Waals surface area (Å²) in [5.41, 5.74) is 2.75. The summed E-state index contributed by atoms with van der Waals surface area (Å²) in [7, 11) is 1.57. The number of ketones is 1. The second-order valence-electron chi connectivity index (χ2n) is 4.50. The summed E-state index contributed by atoms with van der Waals surface area (Å²) >= 11 is 0. The van der Waals surface area contributed by atoms with Gasteiger partial charge in [-0.15, -0.1) is 0 Å². The van der Waals surface area contributed by atoms with E-state index in [0.29, 0.717) is 17.0 Å². The number of methoxy groups -OCH3 is 1. The minimum absolute atomic E-state index is 0.121. The minimum Gasteiger partial charge on any atom is -0.496 e. The fourth-order valence-electron chi connectivity index (χ4n) is 2.22. The van der Waals surface area contributed by atoms with E-state index >= 15 is 0 Å². The van der Waals surface area contributed by atoms with E-state index in [9.17, 15) is 9.59 Å². The Labute approximate surface area is 100.0 Å². The lowest BCUT2D eigenvalue weighted by atomic mass is 9.92. The van der Waals surface area contributed by atoms with Gasteiger partial charge >= 0.3 is 0 Å². The molecule has 2 rings (SSSR count). The highest BCUT2D eigenvalue weighted by Gasteiger charge is 2.34. The van der Waals surface area contributed by atoms with Crippen molar-refractivity contribution in [3.05, 3.63) is 22.8 Å². The summed E-state index contributed by atoms with van der Waals surface area (Å²) in [6.45, 7) is 5.80. The van der Waals surface area contributed by atoms with E-state index in [0.717, 1.165) is 11.1 Å². The van der Waals surface area contributed by atoms with Gasteiger partial charge in [0.05, 0.1) is 18.4 Å². The number of carbonyl (C=O) groups is 2. The summed E-state index contributed by atoms with van der Waals surface area (Å²) in [5, 5.41) is 2.62. The van der Waals surface area contributed by atoms with Crippen LogP contribution in [0, 0.1) is 6.92 Å². The molecule has 0 unspecified atom stereocenters. The number of fused-ring (bicyclic) bond motifs is 1. The molecule has 0 atom stereocenters. The Bertz CT molecular complexity index is 518. The number of anilines is 1. The van der Waals surface area contributed by atoms with Gasteiger partial charge in [-0.25, -0.2) is 0 Å². The van der Waals surface area contributed by atoms with Crippen molar-refractivity contribution in [2.45, 2.75) is 26.7 Å². The Morgan fingerprint density at radius 3 is 2.47 bits per heavy atom. The van der Waals surface area contributed by atoms with Crippen molar-refractivity contribution in [3.8, 4) is 5.75 Å². The predicted octanol–water partition coefficient (Wildman–Crippen LogP) is 2.26. The van der Waals surface area contributed by atoms with Crippen LogP contribution in [0.3, 0.4) is 0 Å². The van der Waals surface area contributed by atoms with E-state index in [1.165, 1.54) is 0 Å². The van der Waals surface area contributed by atoms with Crippen molar-refractivity contribution < 1.29 is 14.3 Å². The zero-order chi connectivity index (χ0) is 12.7. The van der Waals surface area contributed by atoms with E-state index < -0.39 is 11.7 Å². The molecule has 4 heteroatoms. The number of nitrogens with one attached hydrogen (secondary N) is 1. The third kappa shape index (κ3) is 1.60. The van der Waals surface area contributed by atoms with Gasteiger partial charge in [0, 0.05) is 5.56 Å². The summed E-state index contributed by atoms with van der Waals surface area (Å²) in [6, 6.07) is 1.85. The van der Waals surface area contributed by atoms with Gasteiger partial charge in [-0.05, 0) is 24.5 Å². The SMILES string of the molecule is COc1cc(C)c2c(c1C(C)C)C(=O)C(=O)N2. The van der Waals surface area contributed by atoms with E-state index in [-0.39, 0.29) is 5.92 Å². The third-order valence-corrected chi connectivity index (χ3v) is 3.00. The first-order chi connectivity index (χ1) is 7.97. The molecular formula is C13H15NO3. The Morgan fingerprint density at radius 1 is 1.29 bits per heavy atom. The van der Waals surface area contributed by atoms with Crippen LogP contribution in [0.1, 0.15) is 41.3 Å². The Kier molecular flexibility index (Phi) is 2.65. The fraction of sp³-hybridized carbons (Fsp3) is 0.385. The minimum atomic E-state index is -0.557. The highest BCUT2D eigenvalue weighted by molar-refractivity contribution is 6.52. The average Bonchev–Trinajstić information content (AvgIpc) is 2.56. The first-order valence-electron chi connectivity index (χ1n) is 5.54. The molecule has 0 radical (unpaired) electrons. The van der Waals surface area contributed by atoms with Crippen molar-refractivity contribution in [3.63, 3.8) is 0 Å². The third-order valence-electron chi connectivity index (χ3n) is 3.00. The number of hydrogen-bond acceptors (Lipinski definition) is 3. The molecular weight excluding hydrogens is 218 g/mol. The molecule has 1 amide bonds. The average molecular weight is 233 g/mol. The van der Waals surface area contributed by atoms with Gasteiger partial charge in [-0.2, -0.15) is 0 Å². The van der Waals surface area contributed by atoms with E-state index in [1.807, 2.05) is 26.8 Å². The maximum absolute atomic E-state index is 11.9. The molecule has 0 aromatic heterocycles. The Morgan fingerprint density at radius 2 is 1.94 bits per heavy atom. The van der Waals surface area contributed by atoms with Crippen molar-refractivity contribution in [2.75, 3.05) is 12.4 Å². The molecule has 0 fully saturated rings. The van der Waals surface area contributed by atoms with Gasteiger partial charge in [0.25, 0.3) is 11.7 Å². The second kappa shape index (κ2) is 3.87. The van der Waals surface area contributed by atoms with Crippen molar-refractivity contribution >= 4 is 17.4 Å². The number of rotatable bonds is 2. The number of ether oxygens (including phenoxy) is 1. The predicted molar refractivity (Wildman–Crippen MR) is 64.8 cm³/mol. The number of hydrogen-bond donors (Lipinski definition) is 1. The molecule has 0 saturated heterocycles. The second-order valence-corrected chi connectivity index (χ2v) is 4.50. The highest BCUT2D eigenvalue weighted by Crippen LogP contribution is 2.39. The normalized spacial score (nSPS) is 13.9. The van der Waals surface area contributed by atoms with Crippen LogP contribution >= 0.6 is 0 Å². The smallest absolute Gasteiger partial charge is 0.296 e. The monoisotopic (exact) mass is 233 g/mol. The largest absolute Gasteiger partial charge is 0.496 e. The lowest BCUT2D eigenvalue weighted by molar-refractivity contribution is -0.112.